The molecule has 0 heterocycles. The Hall–Kier alpha value is -1.55. The second-order valence-electron chi connectivity index (χ2n) is 4.64. The standard InChI is InChI=1S/C15H24N2O2/c1-5-12(10-19-4)16-14-9-13(8-7-11(14)3)17-15(18)6-2/h7-9,12,16H,5-6,10H2,1-4H3,(H,17,18). The Labute approximate surface area is 115 Å². The van der Waals surface area contributed by atoms with Crippen LogP contribution in [0.1, 0.15) is 32.3 Å². The van der Waals surface area contributed by atoms with Gasteiger partial charge in [0, 0.05) is 30.9 Å². The molecule has 0 saturated heterocycles. The normalized spacial score (nSPS) is 12.0. The Bertz CT molecular complexity index is 419. The zero-order valence-electron chi connectivity index (χ0n) is 12.2. The minimum atomic E-state index is 0.0266. The quantitative estimate of drug-likeness (QED) is 0.795. The molecule has 0 aliphatic heterocycles. The van der Waals surface area contributed by atoms with Crippen LogP contribution in [0.5, 0.6) is 0 Å². The Balaban J connectivity index is 2.81. The summed E-state index contributed by atoms with van der Waals surface area (Å²) in [5.74, 6) is 0.0266. The Morgan fingerprint density at radius 3 is 2.68 bits per heavy atom. The number of benzene rings is 1. The lowest BCUT2D eigenvalue weighted by molar-refractivity contribution is -0.115. The zero-order chi connectivity index (χ0) is 14.3. The van der Waals surface area contributed by atoms with Crippen LogP contribution in [-0.2, 0) is 9.53 Å². The van der Waals surface area contributed by atoms with E-state index in [0.29, 0.717) is 13.0 Å². The molecule has 0 fully saturated rings. The van der Waals surface area contributed by atoms with Gasteiger partial charge in [0.25, 0.3) is 0 Å². The molecule has 0 radical (unpaired) electrons. The number of amides is 1. The van der Waals surface area contributed by atoms with Gasteiger partial charge in [-0.15, -0.1) is 0 Å². The Morgan fingerprint density at radius 2 is 2.11 bits per heavy atom. The van der Waals surface area contributed by atoms with Crippen LogP contribution in [0.3, 0.4) is 0 Å². The van der Waals surface area contributed by atoms with Gasteiger partial charge in [-0.2, -0.15) is 0 Å². The van der Waals surface area contributed by atoms with E-state index >= 15 is 0 Å². The van der Waals surface area contributed by atoms with Gasteiger partial charge in [-0.25, -0.2) is 0 Å². The molecule has 0 aliphatic rings. The van der Waals surface area contributed by atoms with E-state index in [4.69, 9.17) is 4.74 Å². The summed E-state index contributed by atoms with van der Waals surface area (Å²) in [4.78, 5) is 11.4. The lowest BCUT2D eigenvalue weighted by atomic mass is 10.1. The number of ether oxygens (including phenoxy) is 1. The van der Waals surface area contributed by atoms with Crippen LogP contribution in [0.4, 0.5) is 11.4 Å². The van der Waals surface area contributed by atoms with Gasteiger partial charge in [-0.05, 0) is 31.0 Å². The van der Waals surface area contributed by atoms with E-state index in [9.17, 15) is 4.79 Å². The topological polar surface area (TPSA) is 50.4 Å². The van der Waals surface area contributed by atoms with Crippen LogP contribution >= 0.6 is 0 Å². The number of carbonyl (C=O) groups excluding carboxylic acids is 1. The lowest BCUT2D eigenvalue weighted by Gasteiger charge is -2.19. The fraction of sp³-hybridized carbons (Fsp3) is 0.533. The summed E-state index contributed by atoms with van der Waals surface area (Å²) < 4.78 is 5.19. The fourth-order valence-electron chi connectivity index (χ4n) is 1.79. The van der Waals surface area contributed by atoms with E-state index in [2.05, 4.69) is 17.6 Å². The summed E-state index contributed by atoms with van der Waals surface area (Å²) in [6, 6.07) is 6.18. The Kier molecular flexibility index (Phi) is 6.36. The molecule has 0 saturated carbocycles. The van der Waals surface area contributed by atoms with Crippen LogP contribution in [0.25, 0.3) is 0 Å². The van der Waals surface area contributed by atoms with Gasteiger partial charge in [0.2, 0.25) is 5.91 Å². The van der Waals surface area contributed by atoms with E-state index in [-0.39, 0.29) is 11.9 Å². The highest BCUT2D eigenvalue weighted by Crippen LogP contribution is 2.21. The highest BCUT2D eigenvalue weighted by molar-refractivity contribution is 5.91. The lowest BCUT2D eigenvalue weighted by Crippen LogP contribution is -2.24. The predicted molar refractivity (Wildman–Crippen MR) is 79.7 cm³/mol. The maximum absolute atomic E-state index is 11.4. The first-order valence-corrected chi connectivity index (χ1v) is 6.76. The summed E-state index contributed by atoms with van der Waals surface area (Å²) in [5.41, 5.74) is 3.02. The minimum absolute atomic E-state index is 0.0266. The van der Waals surface area contributed by atoms with Crippen LogP contribution in [0.2, 0.25) is 0 Å². The molecule has 0 aromatic heterocycles. The van der Waals surface area contributed by atoms with Crippen LogP contribution < -0.4 is 10.6 Å². The molecule has 0 bridgehead atoms. The smallest absolute Gasteiger partial charge is 0.224 e. The third-order valence-electron chi connectivity index (χ3n) is 3.06. The third-order valence-corrected chi connectivity index (χ3v) is 3.06. The second-order valence-corrected chi connectivity index (χ2v) is 4.64. The summed E-state index contributed by atoms with van der Waals surface area (Å²) >= 11 is 0. The van der Waals surface area contributed by atoms with Crippen LogP contribution in [0, 0.1) is 6.92 Å². The maximum Gasteiger partial charge on any atom is 0.224 e. The number of rotatable bonds is 7. The molecule has 106 valence electrons. The molecule has 0 spiro atoms. The monoisotopic (exact) mass is 264 g/mol. The van der Waals surface area contributed by atoms with Crippen molar-refractivity contribution >= 4 is 17.3 Å². The number of nitrogens with one attached hydrogen (secondary N) is 2. The van der Waals surface area contributed by atoms with Crippen molar-refractivity contribution in [3.05, 3.63) is 23.8 Å². The molecular formula is C15H24N2O2. The molecule has 1 atom stereocenters. The molecule has 1 aromatic rings. The average molecular weight is 264 g/mol. The van der Waals surface area contributed by atoms with Gasteiger partial charge in [-0.3, -0.25) is 4.79 Å². The maximum atomic E-state index is 11.4. The molecule has 1 amide bonds. The van der Waals surface area contributed by atoms with Crippen molar-refractivity contribution < 1.29 is 9.53 Å². The summed E-state index contributed by atoms with van der Waals surface area (Å²) in [6.45, 7) is 6.68. The molecule has 1 aromatic carbocycles. The van der Waals surface area contributed by atoms with E-state index in [0.717, 1.165) is 23.4 Å². The molecule has 1 rings (SSSR count). The van der Waals surface area contributed by atoms with Gasteiger partial charge >= 0.3 is 0 Å². The van der Waals surface area contributed by atoms with E-state index < -0.39 is 0 Å². The first-order valence-electron chi connectivity index (χ1n) is 6.76. The van der Waals surface area contributed by atoms with Crippen molar-refractivity contribution in [2.24, 2.45) is 0 Å². The minimum Gasteiger partial charge on any atom is -0.383 e. The number of hydrogen-bond donors (Lipinski definition) is 2. The van der Waals surface area contributed by atoms with Crippen molar-refractivity contribution in [3.63, 3.8) is 0 Å². The molecule has 0 aliphatic carbocycles. The van der Waals surface area contributed by atoms with Crippen LogP contribution in [-0.4, -0.2) is 25.7 Å². The summed E-state index contributed by atoms with van der Waals surface area (Å²) in [5, 5.41) is 6.33. The van der Waals surface area contributed by atoms with E-state index in [1.54, 1.807) is 7.11 Å². The number of hydrogen-bond acceptors (Lipinski definition) is 3. The van der Waals surface area contributed by atoms with Gasteiger partial charge < -0.3 is 15.4 Å². The van der Waals surface area contributed by atoms with Crippen molar-refractivity contribution in [2.45, 2.75) is 39.7 Å². The molecule has 1 unspecified atom stereocenters. The van der Waals surface area contributed by atoms with E-state index in [1.807, 2.05) is 32.0 Å². The zero-order valence-corrected chi connectivity index (χ0v) is 12.2. The van der Waals surface area contributed by atoms with Crippen molar-refractivity contribution in [1.29, 1.82) is 0 Å². The highest BCUT2D eigenvalue weighted by atomic mass is 16.5. The van der Waals surface area contributed by atoms with Crippen molar-refractivity contribution in [2.75, 3.05) is 24.4 Å². The SMILES string of the molecule is CCC(=O)Nc1ccc(C)c(NC(CC)COC)c1. The third kappa shape index (κ3) is 4.91. The highest BCUT2D eigenvalue weighted by Gasteiger charge is 2.08. The molecule has 4 nitrogen and oxygen atoms in total. The number of aryl methyl sites for hydroxylation is 1. The number of methoxy groups -OCH3 is 1. The number of anilines is 2. The van der Waals surface area contributed by atoms with Gasteiger partial charge in [0.1, 0.15) is 0 Å². The summed E-state index contributed by atoms with van der Waals surface area (Å²) in [7, 11) is 1.70. The van der Waals surface area contributed by atoms with Gasteiger partial charge in [0.05, 0.1) is 6.61 Å². The molecule has 19 heavy (non-hydrogen) atoms. The van der Waals surface area contributed by atoms with Gasteiger partial charge in [-0.1, -0.05) is 19.9 Å². The largest absolute Gasteiger partial charge is 0.383 e. The molecule has 4 heteroatoms. The fourth-order valence-corrected chi connectivity index (χ4v) is 1.79. The molecular weight excluding hydrogens is 240 g/mol. The second kappa shape index (κ2) is 7.79. The Morgan fingerprint density at radius 1 is 1.37 bits per heavy atom. The molecule has 2 N–H and O–H groups in total. The van der Waals surface area contributed by atoms with Crippen LogP contribution in [0.15, 0.2) is 18.2 Å². The van der Waals surface area contributed by atoms with Crippen molar-refractivity contribution in [1.82, 2.24) is 0 Å². The predicted octanol–water partition coefficient (Wildman–Crippen LogP) is 3.18. The number of carbonyl (C=O) groups is 1. The summed E-state index contributed by atoms with van der Waals surface area (Å²) in [6.07, 6.45) is 1.47. The first kappa shape index (κ1) is 15.5. The van der Waals surface area contributed by atoms with E-state index in [1.165, 1.54) is 0 Å². The average Bonchev–Trinajstić information content (AvgIpc) is 2.41. The van der Waals surface area contributed by atoms with Crippen molar-refractivity contribution in [3.8, 4) is 0 Å². The first-order chi connectivity index (χ1) is 9.10. The van der Waals surface area contributed by atoms with Gasteiger partial charge in [0.15, 0.2) is 0 Å².